The fourth-order valence-electron chi connectivity index (χ4n) is 6.89. The molecule has 1 aromatic carbocycles. The predicted molar refractivity (Wildman–Crippen MR) is 176 cm³/mol. The minimum absolute atomic E-state index is 0. The molecular weight excluding hydrogens is 578 g/mol. The normalized spacial score (nSPS) is 13.3. The van der Waals surface area contributed by atoms with Gasteiger partial charge in [0.2, 0.25) is 0 Å². The summed E-state index contributed by atoms with van der Waals surface area (Å²) in [5.74, 6) is 0. The van der Waals surface area contributed by atoms with E-state index in [1.807, 2.05) is 12.3 Å². The third-order valence-electron chi connectivity index (χ3n) is 9.06. The van der Waals surface area contributed by atoms with Crippen LogP contribution in [-0.2, 0) is 29.9 Å². The van der Waals surface area contributed by atoms with Crippen LogP contribution < -0.4 is 9.97 Å². The molecule has 43 heavy (non-hydrogen) atoms. The van der Waals surface area contributed by atoms with Crippen molar-refractivity contribution in [2.75, 3.05) is 0 Å². The molecule has 2 aliphatic heterocycles. The van der Waals surface area contributed by atoms with E-state index in [0.717, 1.165) is 92.2 Å². The standard InChI is InChI=1S/C37H35N5.Cu/c1-7-22-20(5)29-16-33-24(9-3)25(10-4)34(41-33)17-30-21(6)23(8-2)32(40-30)19-36-37-26-12-11-15-38-28(26)14-13-27(37)35(42-36)18-31(22)39-29;/h11-19H,7-10H2,1-6H3;/q-2;+2. The van der Waals surface area contributed by atoms with Crippen molar-refractivity contribution in [1.29, 1.82) is 0 Å². The molecule has 0 amide bonds. The van der Waals surface area contributed by atoms with Crippen molar-refractivity contribution in [2.45, 2.75) is 67.2 Å². The van der Waals surface area contributed by atoms with Gasteiger partial charge in [-0.3, -0.25) is 4.98 Å². The molecule has 8 bridgehead atoms. The van der Waals surface area contributed by atoms with E-state index in [2.05, 4.69) is 89.0 Å². The summed E-state index contributed by atoms with van der Waals surface area (Å²) >= 11 is 0. The number of hydrogen-bond acceptors (Lipinski definition) is 3. The number of allylic oxidation sites excluding steroid dienone is 4. The number of aryl methyl sites for hydroxylation is 2. The molecule has 0 fully saturated rings. The SMILES string of the molecule is CCC1=C(C)c2cc3[n-]c(cc4nc(cc5[n-]c(cc1n2)c1ccc2ncccc2c51)C(CC)=C4C)c(CC)c3CC.[Cu+2]. The Morgan fingerprint density at radius 2 is 1.12 bits per heavy atom. The van der Waals surface area contributed by atoms with Crippen molar-refractivity contribution in [3.63, 3.8) is 0 Å². The molecule has 0 aliphatic carbocycles. The van der Waals surface area contributed by atoms with Gasteiger partial charge in [-0.15, -0.1) is 22.1 Å². The summed E-state index contributed by atoms with van der Waals surface area (Å²) in [6.07, 6.45) is 5.50. The van der Waals surface area contributed by atoms with Gasteiger partial charge in [-0.25, -0.2) is 9.97 Å². The molecule has 6 heteroatoms. The number of rotatable bonds is 4. The van der Waals surface area contributed by atoms with Gasteiger partial charge in [0.05, 0.1) is 28.3 Å². The van der Waals surface area contributed by atoms with E-state index in [4.69, 9.17) is 19.9 Å². The van der Waals surface area contributed by atoms with Crippen molar-refractivity contribution in [3.8, 4) is 0 Å². The van der Waals surface area contributed by atoms with Crippen LogP contribution >= 0.6 is 0 Å². The first kappa shape index (κ1) is 29.1. The van der Waals surface area contributed by atoms with E-state index in [0.29, 0.717) is 0 Å². The molecule has 0 saturated carbocycles. The van der Waals surface area contributed by atoms with Gasteiger partial charge in [0.1, 0.15) is 0 Å². The zero-order chi connectivity index (χ0) is 29.1. The molecular formula is C37H35CuN5. The fourth-order valence-corrected chi connectivity index (χ4v) is 6.89. The topological polar surface area (TPSA) is 66.9 Å². The first-order chi connectivity index (χ1) is 20.4. The summed E-state index contributed by atoms with van der Waals surface area (Å²) in [4.78, 5) is 25.5. The summed E-state index contributed by atoms with van der Waals surface area (Å²) < 4.78 is 0. The number of fused-ring (bicyclic) bond motifs is 13. The van der Waals surface area contributed by atoms with Gasteiger partial charge < -0.3 is 9.97 Å². The molecule has 1 radical (unpaired) electrons. The molecule has 6 heterocycles. The Morgan fingerprint density at radius 1 is 0.581 bits per heavy atom. The summed E-state index contributed by atoms with van der Waals surface area (Å²) in [7, 11) is 0. The van der Waals surface area contributed by atoms with Crippen molar-refractivity contribution in [1.82, 2.24) is 24.9 Å². The van der Waals surface area contributed by atoms with Crippen LogP contribution in [0.15, 0.2) is 54.7 Å². The van der Waals surface area contributed by atoms with E-state index in [1.54, 1.807) is 0 Å². The molecule has 0 N–H and O–H groups in total. The Bertz CT molecular complexity index is 2160. The summed E-state index contributed by atoms with van der Waals surface area (Å²) in [5.41, 5.74) is 16.3. The third kappa shape index (κ3) is 4.56. The predicted octanol–water partition coefficient (Wildman–Crippen LogP) is 9.08. The number of aromatic nitrogens is 5. The average Bonchev–Trinajstić information content (AvgIpc) is 3.70. The third-order valence-corrected chi connectivity index (χ3v) is 9.06. The van der Waals surface area contributed by atoms with Gasteiger partial charge in [-0.2, -0.15) is 0 Å². The van der Waals surface area contributed by atoms with Crippen LogP contribution in [0.25, 0.3) is 66.0 Å². The molecule has 0 unspecified atom stereocenters. The van der Waals surface area contributed by atoms with Crippen molar-refractivity contribution in [2.24, 2.45) is 0 Å². The van der Waals surface area contributed by atoms with Crippen molar-refractivity contribution in [3.05, 3.63) is 88.6 Å². The van der Waals surface area contributed by atoms with Crippen molar-refractivity contribution < 1.29 is 17.1 Å². The van der Waals surface area contributed by atoms with Crippen LogP contribution in [0.2, 0.25) is 0 Å². The second-order valence-electron chi connectivity index (χ2n) is 11.2. The summed E-state index contributed by atoms with van der Waals surface area (Å²) in [5, 5.41) is 3.32. The van der Waals surface area contributed by atoms with Gasteiger partial charge >= 0.3 is 17.1 Å². The maximum Gasteiger partial charge on any atom is 2.00 e. The second-order valence-corrected chi connectivity index (χ2v) is 11.2. The van der Waals surface area contributed by atoms with E-state index in [-0.39, 0.29) is 17.1 Å². The van der Waals surface area contributed by atoms with E-state index in [1.165, 1.54) is 33.4 Å². The Labute approximate surface area is 263 Å². The Hall–Kier alpha value is -3.99. The quantitative estimate of drug-likeness (QED) is 0.189. The Kier molecular flexibility index (Phi) is 7.62. The number of hydrogen-bond donors (Lipinski definition) is 0. The van der Waals surface area contributed by atoms with E-state index in [9.17, 15) is 0 Å². The zero-order valence-corrected chi connectivity index (χ0v) is 26.5. The largest absolute Gasteiger partial charge is 2.00 e. The van der Waals surface area contributed by atoms with Gasteiger partial charge in [0.15, 0.2) is 0 Å². The van der Waals surface area contributed by atoms with Gasteiger partial charge in [0, 0.05) is 11.6 Å². The van der Waals surface area contributed by atoms with Gasteiger partial charge in [0.25, 0.3) is 0 Å². The van der Waals surface area contributed by atoms with E-state index < -0.39 is 0 Å². The van der Waals surface area contributed by atoms with E-state index >= 15 is 0 Å². The second kappa shape index (κ2) is 11.3. The summed E-state index contributed by atoms with van der Waals surface area (Å²) in [6.45, 7) is 13.2. The molecule has 7 rings (SSSR count). The minimum Gasteiger partial charge on any atom is -0.657 e. The molecule has 4 aromatic heterocycles. The fraction of sp³-hybridized carbons (Fsp3) is 0.270. The molecule has 5 aromatic rings. The Morgan fingerprint density at radius 3 is 1.67 bits per heavy atom. The molecule has 0 atom stereocenters. The molecule has 0 spiro atoms. The first-order valence-electron chi connectivity index (χ1n) is 15.2. The number of benzene rings is 1. The molecule has 219 valence electrons. The van der Waals surface area contributed by atoms with Crippen LogP contribution in [0, 0.1) is 0 Å². The molecule has 0 saturated heterocycles. The monoisotopic (exact) mass is 612 g/mol. The van der Waals surface area contributed by atoms with Crippen LogP contribution in [0.1, 0.15) is 88.3 Å². The van der Waals surface area contributed by atoms with Crippen LogP contribution in [0.3, 0.4) is 0 Å². The zero-order valence-electron chi connectivity index (χ0n) is 25.6. The smallest absolute Gasteiger partial charge is 0.657 e. The van der Waals surface area contributed by atoms with Crippen LogP contribution in [0.5, 0.6) is 0 Å². The van der Waals surface area contributed by atoms with Gasteiger partial charge in [-0.1, -0.05) is 75.2 Å². The van der Waals surface area contributed by atoms with Crippen molar-refractivity contribution >= 4 is 66.0 Å². The number of nitrogens with zero attached hydrogens (tertiary/aromatic N) is 5. The molecule has 5 nitrogen and oxygen atoms in total. The van der Waals surface area contributed by atoms with Crippen LogP contribution in [-0.4, -0.2) is 15.0 Å². The summed E-state index contributed by atoms with van der Waals surface area (Å²) in [6, 6.07) is 17.1. The molecule has 2 aliphatic rings. The number of pyridine rings is 1. The first-order valence-corrected chi connectivity index (χ1v) is 15.2. The minimum atomic E-state index is 0. The Balaban J connectivity index is 0.00000329. The average molecular weight is 613 g/mol. The van der Waals surface area contributed by atoms with Crippen LogP contribution in [0.4, 0.5) is 0 Å². The maximum absolute atomic E-state index is 5.26. The maximum atomic E-state index is 5.26. The van der Waals surface area contributed by atoms with Gasteiger partial charge in [-0.05, 0) is 84.7 Å².